The van der Waals surface area contributed by atoms with E-state index >= 15 is 0 Å². The molecule has 0 aromatic heterocycles. The van der Waals surface area contributed by atoms with Gasteiger partial charge < -0.3 is 4.90 Å². The molecule has 0 amide bonds. The first kappa shape index (κ1) is 7.32. The van der Waals surface area contributed by atoms with Crippen LogP contribution < -0.4 is 0 Å². The van der Waals surface area contributed by atoms with Gasteiger partial charge in [-0.25, -0.2) is 4.99 Å². The van der Waals surface area contributed by atoms with E-state index in [0.29, 0.717) is 0 Å². The Bertz CT molecular complexity index is 201. The minimum absolute atomic E-state index is 0.0179. The molecule has 0 saturated heterocycles. The lowest BCUT2D eigenvalue weighted by molar-refractivity contribution is 0.323. The van der Waals surface area contributed by atoms with Crippen molar-refractivity contribution < 1.29 is 0 Å². The van der Waals surface area contributed by atoms with Gasteiger partial charge in [-0.2, -0.15) is 0 Å². The van der Waals surface area contributed by atoms with Gasteiger partial charge in [-0.1, -0.05) is 6.58 Å². The fourth-order valence-corrected chi connectivity index (χ4v) is 1.01. The van der Waals surface area contributed by atoms with Crippen molar-refractivity contribution in [2.24, 2.45) is 4.99 Å². The number of hydrogen-bond donors (Lipinski definition) is 0. The Morgan fingerprint density at radius 3 is 2.10 bits per heavy atom. The van der Waals surface area contributed by atoms with Crippen LogP contribution >= 0.6 is 0 Å². The predicted molar refractivity (Wildman–Crippen MR) is 44.1 cm³/mol. The van der Waals surface area contributed by atoms with Gasteiger partial charge in [0.2, 0.25) is 0 Å². The highest BCUT2D eigenvalue weighted by atomic mass is 15.3. The molecule has 1 aliphatic rings. The molecule has 1 rings (SSSR count). The van der Waals surface area contributed by atoms with E-state index in [2.05, 4.69) is 30.3 Å². The molecule has 0 saturated carbocycles. The van der Waals surface area contributed by atoms with Crippen molar-refractivity contribution in [1.82, 2.24) is 4.90 Å². The maximum atomic E-state index is 4.27. The summed E-state index contributed by atoms with van der Waals surface area (Å²) in [7, 11) is 2.04. The zero-order valence-electron chi connectivity index (χ0n) is 7.10. The van der Waals surface area contributed by atoms with Gasteiger partial charge in [0, 0.05) is 7.05 Å². The number of likely N-dealkylation sites (N-methyl/N-ethyl adjacent to an activating group) is 1. The fourth-order valence-electron chi connectivity index (χ4n) is 1.01. The number of rotatable bonds is 0. The first-order valence-electron chi connectivity index (χ1n) is 3.45. The smallest absolute Gasteiger partial charge is 0.102 e. The van der Waals surface area contributed by atoms with E-state index in [1.54, 1.807) is 0 Å². The van der Waals surface area contributed by atoms with Gasteiger partial charge in [-0.15, -0.1) is 0 Å². The highest BCUT2D eigenvalue weighted by molar-refractivity contribution is 5.84. The summed E-state index contributed by atoms with van der Waals surface area (Å²) in [6.45, 7) is 10.1. The molecule has 0 bridgehead atoms. The van der Waals surface area contributed by atoms with Crippen molar-refractivity contribution >= 4 is 5.84 Å². The monoisotopic (exact) mass is 138 g/mol. The summed E-state index contributed by atoms with van der Waals surface area (Å²) in [4.78, 5) is 6.41. The molecule has 0 N–H and O–H groups in total. The van der Waals surface area contributed by atoms with Gasteiger partial charge in [0.1, 0.15) is 5.84 Å². The summed E-state index contributed by atoms with van der Waals surface area (Å²) >= 11 is 0. The van der Waals surface area contributed by atoms with E-state index in [1.165, 1.54) is 0 Å². The van der Waals surface area contributed by atoms with Crippen molar-refractivity contribution in [1.29, 1.82) is 0 Å². The van der Waals surface area contributed by atoms with Gasteiger partial charge >= 0.3 is 0 Å². The predicted octanol–water partition coefficient (Wildman–Crippen LogP) is 1.64. The van der Waals surface area contributed by atoms with E-state index in [1.807, 2.05) is 14.0 Å². The molecule has 0 spiro atoms. The van der Waals surface area contributed by atoms with Crippen LogP contribution in [0.5, 0.6) is 0 Å². The van der Waals surface area contributed by atoms with Crippen molar-refractivity contribution in [2.75, 3.05) is 7.05 Å². The van der Waals surface area contributed by atoms with Crippen LogP contribution in [0.4, 0.5) is 0 Å². The average molecular weight is 138 g/mol. The van der Waals surface area contributed by atoms with E-state index in [4.69, 9.17) is 0 Å². The summed E-state index contributed by atoms with van der Waals surface area (Å²) in [6.07, 6.45) is 0. The molecule has 0 atom stereocenters. The summed E-state index contributed by atoms with van der Waals surface area (Å²) < 4.78 is 0. The van der Waals surface area contributed by atoms with Crippen molar-refractivity contribution in [3.05, 3.63) is 12.3 Å². The molecule has 2 nitrogen and oxygen atoms in total. The van der Waals surface area contributed by atoms with Gasteiger partial charge in [0.25, 0.3) is 0 Å². The summed E-state index contributed by atoms with van der Waals surface area (Å²) in [5.41, 5.74) is 0.969. The number of aliphatic imine (C=N–C) groups is 1. The van der Waals surface area contributed by atoms with Gasteiger partial charge in [0.15, 0.2) is 0 Å². The maximum Gasteiger partial charge on any atom is 0.102 e. The van der Waals surface area contributed by atoms with Gasteiger partial charge in [-0.05, 0) is 20.8 Å². The SMILES string of the molecule is C=C1N=C(C)N(C)C1(C)C. The Hall–Kier alpha value is -0.790. The highest BCUT2D eigenvalue weighted by Crippen LogP contribution is 2.28. The summed E-state index contributed by atoms with van der Waals surface area (Å²) in [5.74, 6) is 1.05. The molecule has 0 aliphatic carbocycles. The largest absolute Gasteiger partial charge is 0.353 e. The standard InChI is InChI=1S/C8H14N2/c1-6-8(3,4)10(5)7(2)9-6/h1H2,2-5H3. The molecular formula is C8H14N2. The number of amidine groups is 1. The summed E-state index contributed by atoms with van der Waals surface area (Å²) in [6, 6.07) is 0. The molecule has 0 radical (unpaired) electrons. The van der Waals surface area contributed by atoms with Crippen LogP contribution in [0.15, 0.2) is 17.3 Å². The highest BCUT2D eigenvalue weighted by Gasteiger charge is 2.32. The maximum absolute atomic E-state index is 4.27. The molecule has 10 heavy (non-hydrogen) atoms. The zero-order chi connectivity index (χ0) is 7.94. The summed E-state index contributed by atoms with van der Waals surface area (Å²) in [5, 5.41) is 0. The van der Waals surface area contributed by atoms with Crippen molar-refractivity contribution in [2.45, 2.75) is 26.3 Å². The Morgan fingerprint density at radius 2 is 2.00 bits per heavy atom. The second-order valence-electron chi connectivity index (χ2n) is 3.22. The Kier molecular flexibility index (Phi) is 1.35. The molecular weight excluding hydrogens is 124 g/mol. The second-order valence-corrected chi connectivity index (χ2v) is 3.22. The fraction of sp³-hybridized carbons (Fsp3) is 0.625. The van der Waals surface area contributed by atoms with Crippen LogP contribution in [0.25, 0.3) is 0 Å². The van der Waals surface area contributed by atoms with E-state index in [9.17, 15) is 0 Å². The van der Waals surface area contributed by atoms with Gasteiger partial charge in [-0.3, -0.25) is 0 Å². The lowest BCUT2D eigenvalue weighted by Crippen LogP contribution is -2.39. The van der Waals surface area contributed by atoms with Crippen molar-refractivity contribution in [3.8, 4) is 0 Å². The first-order valence-corrected chi connectivity index (χ1v) is 3.45. The quantitative estimate of drug-likeness (QED) is 0.497. The van der Waals surface area contributed by atoms with Crippen LogP contribution in [0.3, 0.4) is 0 Å². The van der Waals surface area contributed by atoms with Crippen LogP contribution in [-0.4, -0.2) is 23.3 Å². The third-order valence-electron chi connectivity index (χ3n) is 2.33. The van der Waals surface area contributed by atoms with Crippen LogP contribution in [0.1, 0.15) is 20.8 Å². The second kappa shape index (κ2) is 1.84. The van der Waals surface area contributed by atoms with Gasteiger partial charge in [0.05, 0.1) is 11.2 Å². The Morgan fingerprint density at radius 1 is 1.50 bits per heavy atom. The molecule has 0 fully saturated rings. The molecule has 1 heterocycles. The van der Waals surface area contributed by atoms with Crippen LogP contribution in [0, 0.1) is 0 Å². The minimum Gasteiger partial charge on any atom is -0.353 e. The molecule has 1 aliphatic heterocycles. The van der Waals surface area contributed by atoms with E-state index in [0.717, 1.165) is 11.5 Å². The normalized spacial score (nSPS) is 23.4. The molecule has 2 heteroatoms. The minimum atomic E-state index is 0.0179. The van der Waals surface area contributed by atoms with Crippen molar-refractivity contribution in [3.63, 3.8) is 0 Å². The zero-order valence-corrected chi connectivity index (χ0v) is 7.10. The lowest BCUT2D eigenvalue weighted by Gasteiger charge is -2.29. The Labute approximate surface area is 62.3 Å². The Balaban J connectivity index is 2.98. The number of hydrogen-bond acceptors (Lipinski definition) is 2. The lowest BCUT2D eigenvalue weighted by atomic mass is 10.0. The van der Waals surface area contributed by atoms with Crippen LogP contribution in [-0.2, 0) is 0 Å². The molecule has 0 aromatic rings. The van der Waals surface area contributed by atoms with E-state index in [-0.39, 0.29) is 5.54 Å². The molecule has 56 valence electrons. The third-order valence-corrected chi connectivity index (χ3v) is 2.33. The van der Waals surface area contributed by atoms with E-state index < -0.39 is 0 Å². The van der Waals surface area contributed by atoms with Crippen LogP contribution in [0.2, 0.25) is 0 Å². The third kappa shape index (κ3) is 0.753. The molecule has 0 unspecified atom stereocenters. The molecule has 0 aromatic carbocycles. The number of nitrogens with zero attached hydrogens (tertiary/aromatic N) is 2. The first-order chi connectivity index (χ1) is 4.46. The topological polar surface area (TPSA) is 15.6 Å². The average Bonchev–Trinajstić information content (AvgIpc) is 1.97.